The molecule has 1 aromatic carbocycles. The van der Waals surface area contributed by atoms with E-state index in [1.807, 2.05) is 25.7 Å². The fraction of sp³-hybridized carbons (Fsp3) is 0.619. The van der Waals surface area contributed by atoms with Crippen molar-refractivity contribution in [2.45, 2.75) is 44.9 Å². The van der Waals surface area contributed by atoms with Gasteiger partial charge in [0, 0.05) is 43.3 Å². The van der Waals surface area contributed by atoms with Gasteiger partial charge >= 0.3 is 6.09 Å². The minimum Gasteiger partial charge on any atom is -0.444 e. The molecule has 0 spiro atoms. The molecule has 0 saturated carbocycles. The molecule has 1 aromatic rings. The average Bonchev–Trinajstić information content (AvgIpc) is 2.96. The van der Waals surface area contributed by atoms with Gasteiger partial charge in [-0.1, -0.05) is 11.6 Å². The standard InChI is InChI=1S/C21H30ClN3O4/c1-20(2,3)29-19(27)25-13-17(21(4,28)14-25)23-9-11-24(12-10-23)18(26)15-5-7-16(22)8-6-15/h5-8,17,28H,9-14H2,1-4H3/t17-,21-/m1/s1. The van der Waals surface area contributed by atoms with Crippen molar-refractivity contribution in [3.05, 3.63) is 34.9 Å². The van der Waals surface area contributed by atoms with E-state index in [9.17, 15) is 14.7 Å². The summed E-state index contributed by atoms with van der Waals surface area (Å²) in [6, 6.07) is 6.70. The Morgan fingerprint density at radius 2 is 1.69 bits per heavy atom. The molecule has 3 rings (SSSR count). The van der Waals surface area contributed by atoms with Crippen molar-refractivity contribution < 1.29 is 19.4 Å². The second-order valence-corrected chi connectivity index (χ2v) is 9.51. The molecule has 1 N–H and O–H groups in total. The van der Waals surface area contributed by atoms with E-state index < -0.39 is 17.3 Å². The summed E-state index contributed by atoms with van der Waals surface area (Å²) in [4.78, 5) is 30.6. The predicted molar refractivity (Wildman–Crippen MR) is 111 cm³/mol. The number of hydrogen-bond acceptors (Lipinski definition) is 5. The Bertz CT molecular complexity index is 752. The van der Waals surface area contributed by atoms with Crippen molar-refractivity contribution in [3.8, 4) is 0 Å². The molecule has 2 saturated heterocycles. The van der Waals surface area contributed by atoms with Crippen LogP contribution in [0.5, 0.6) is 0 Å². The van der Waals surface area contributed by atoms with Crippen LogP contribution in [0.2, 0.25) is 5.02 Å². The maximum Gasteiger partial charge on any atom is 0.410 e. The SMILES string of the molecule is CC(C)(C)OC(=O)N1C[C@@H](N2CCN(C(=O)c3ccc(Cl)cc3)CC2)[C@](C)(O)C1. The Labute approximate surface area is 177 Å². The van der Waals surface area contributed by atoms with E-state index in [1.165, 1.54) is 0 Å². The first-order valence-electron chi connectivity index (χ1n) is 9.95. The van der Waals surface area contributed by atoms with Crippen molar-refractivity contribution >= 4 is 23.6 Å². The second kappa shape index (κ2) is 8.13. The van der Waals surface area contributed by atoms with Crippen LogP contribution < -0.4 is 0 Å². The first-order valence-corrected chi connectivity index (χ1v) is 10.3. The molecular formula is C21H30ClN3O4. The Hall–Kier alpha value is -1.83. The van der Waals surface area contributed by atoms with Crippen LogP contribution in [0.1, 0.15) is 38.1 Å². The van der Waals surface area contributed by atoms with Gasteiger partial charge in [-0.05, 0) is 52.0 Å². The van der Waals surface area contributed by atoms with Crippen molar-refractivity contribution in [3.63, 3.8) is 0 Å². The highest BCUT2D eigenvalue weighted by molar-refractivity contribution is 6.30. The van der Waals surface area contributed by atoms with Gasteiger partial charge in [-0.25, -0.2) is 4.79 Å². The summed E-state index contributed by atoms with van der Waals surface area (Å²) in [5.74, 6) is -0.0186. The molecular weight excluding hydrogens is 394 g/mol. The molecule has 2 heterocycles. The first-order chi connectivity index (χ1) is 13.5. The number of nitrogens with zero attached hydrogens (tertiary/aromatic N) is 3. The molecule has 2 atom stereocenters. The molecule has 0 unspecified atom stereocenters. The molecule has 0 radical (unpaired) electrons. The molecule has 0 bridgehead atoms. The molecule has 2 amide bonds. The van der Waals surface area contributed by atoms with Gasteiger partial charge in [0.1, 0.15) is 5.60 Å². The summed E-state index contributed by atoms with van der Waals surface area (Å²) in [6.45, 7) is 10.3. The molecule has 0 aliphatic carbocycles. The third-order valence-electron chi connectivity index (χ3n) is 5.41. The van der Waals surface area contributed by atoms with Crippen LogP contribution >= 0.6 is 11.6 Å². The maximum atomic E-state index is 12.7. The van der Waals surface area contributed by atoms with Gasteiger partial charge in [0.15, 0.2) is 0 Å². The molecule has 2 fully saturated rings. The Balaban J connectivity index is 1.59. The van der Waals surface area contributed by atoms with Crippen molar-refractivity contribution in [2.75, 3.05) is 39.3 Å². The van der Waals surface area contributed by atoms with Crippen LogP contribution in [0.25, 0.3) is 0 Å². The quantitative estimate of drug-likeness (QED) is 0.791. The molecule has 7 nitrogen and oxygen atoms in total. The van der Waals surface area contributed by atoms with Crippen LogP contribution in [0, 0.1) is 0 Å². The lowest BCUT2D eigenvalue weighted by Gasteiger charge is -2.41. The summed E-state index contributed by atoms with van der Waals surface area (Å²) in [5.41, 5.74) is -0.986. The fourth-order valence-electron chi connectivity index (χ4n) is 3.95. The van der Waals surface area contributed by atoms with E-state index >= 15 is 0 Å². The number of rotatable bonds is 2. The lowest BCUT2D eigenvalue weighted by Crippen LogP contribution is -2.57. The van der Waals surface area contributed by atoms with Crippen LogP contribution in [0.3, 0.4) is 0 Å². The Morgan fingerprint density at radius 1 is 1.10 bits per heavy atom. The average molecular weight is 424 g/mol. The van der Waals surface area contributed by atoms with E-state index in [4.69, 9.17) is 16.3 Å². The number of ether oxygens (including phenoxy) is 1. The van der Waals surface area contributed by atoms with Gasteiger partial charge in [-0.15, -0.1) is 0 Å². The number of hydrogen-bond donors (Lipinski definition) is 1. The molecule has 2 aliphatic rings. The number of amides is 2. The Kier molecular flexibility index (Phi) is 6.13. The summed E-state index contributed by atoms with van der Waals surface area (Å²) in [5, 5.41) is 11.5. The van der Waals surface area contributed by atoms with Gasteiger partial charge in [0.2, 0.25) is 0 Å². The lowest BCUT2D eigenvalue weighted by atomic mass is 9.98. The monoisotopic (exact) mass is 423 g/mol. The fourth-order valence-corrected chi connectivity index (χ4v) is 4.07. The van der Waals surface area contributed by atoms with Crippen molar-refractivity contribution in [1.82, 2.24) is 14.7 Å². The van der Waals surface area contributed by atoms with E-state index in [0.717, 1.165) is 0 Å². The molecule has 29 heavy (non-hydrogen) atoms. The summed E-state index contributed by atoms with van der Waals surface area (Å²) >= 11 is 5.90. The van der Waals surface area contributed by atoms with Gasteiger partial charge in [0.25, 0.3) is 5.91 Å². The van der Waals surface area contributed by atoms with Crippen LogP contribution in [0.15, 0.2) is 24.3 Å². The van der Waals surface area contributed by atoms with Crippen molar-refractivity contribution in [2.24, 2.45) is 0 Å². The highest BCUT2D eigenvalue weighted by Crippen LogP contribution is 2.28. The highest BCUT2D eigenvalue weighted by Gasteiger charge is 2.47. The largest absolute Gasteiger partial charge is 0.444 e. The number of piperazine rings is 1. The number of carbonyl (C=O) groups is 2. The summed E-state index contributed by atoms with van der Waals surface area (Å²) in [7, 11) is 0. The molecule has 8 heteroatoms. The third-order valence-corrected chi connectivity index (χ3v) is 5.66. The van der Waals surface area contributed by atoms with Crippen LogP contribution in [-0.2, 0) is 4.74 Å². The number of likely N-dealkylation sites (tertiary alicyclic amines) is 1. The van der Waals surface area contributed by atoms with Gasteiger partial charge in [-0.2, -0.15) is 0 Å². The predicted octanol–water partition coefficient (Wildman–Crippen LogP) is 2.47. The summed E-state index contributed by atoms with van der Waals surface area (Å²) < 4.78 is 5.45. The van der Waals surface area contributed by atoms with E-state index in [0.29, 0.717) is 43.3 Å². The van der Waals surface area contributed by atoms with Crippen molar-refractivity contribution in [1.29, 1.82) is 0 Å². The normalized spacial score (nSPS) is 25.9. The van der Waals surface area contributed by atoms with Crippen LogP contribution in [0.4, 0.5) is 4.79 Å². The number of β-amino-alcohol motifs (C(OH)–C–C–N with tert-alkyl or cyclic N) is 1. The van der Waals surface area contributed by atoms with E-state index in [-0.39, 0.29) is 18.5 Å². The first kappa shape index (κ1) is 21.9. The zero-order valence-electron chi connectivity index (χ0n) is 17.5. The van der Waals surface area contributed by atoms with E-state index in [1.54, 1.807) is 36.1 Å². The number of aliphatic hydroxyl groups is 1. The zero-order valence-corrected chi connectivity index (χ0v) is 18.3. The van der Waals surface area contributed by atoms with Gasteiger partial charge in [-0.3, -0.25) is 9.69 Å². The minimum absolute atomic E-state index is 0.0186. The van der Waals surface area contributed by atoms with Gasteiger partial charge < -0.3 is 19.6 Å². The number of benzene rings is 1. The lowest BCUT2D eigenvalue weighted by molar-refractivity contribution is -0.0172. The number of halogens is 1. The highest BCUT2D eigenvalue weighted by atomic mass is 35.5. The van der Waals surface area contributed by atoms with E-state index in [2.05, 4.69) is 4.90 Å². The smallest absolute Gasteiger partial charge is 0.410 e. The van der Waals surface area contributed by atoms with Gasteiger partial charge in [0.05, 0.1) is 18.2 Å². The Morgan fingerprint density at radius 3 is 2.24 bits per heavy atom. The molecule has 160 valence electrons. The minimum atomic E-state index is -1.03. The summed E-state index contributed by atoms with van der Waals surface area (Å²) in [6.07, 6.45) is -0.406. The topological polar surface area (TPSA) is 73.3 Å². The zero-order chi connectivity index (χ0) is 21.4. The maximum absolute atomic E-state index is 12.7. The molecule has 0 aromatic heterocycles. The second-order valence-electron chi connectivity index (χ2n) is 9.07. The number of carbonyl (C=O) groups excluding carboxylic acids is 2. The van der Waals surface area contributed by atoms with Crippen LogP contribution in [-0.4, -0.2) is 88.3 Å². The molecule has 2 aliphatic heterocycles. The third kappa shape index (κ3) is 5.21.